The van der Waals surface area contributed by atoms with Gasteiger partial charge < -0.3 is 16.8 Å². The molecule has 1 atom stereocenters. The number of nitrogens with one attached hydrogen (secondary N) is 1. The number of anilines is 1. The molecule has 1 heterocycles. The molecule has 0 radical (unpaired) electrons. The highest BCUT2D eigenvalue weighted by molar-refractivity contribution is 5.93. The highest BCUT2D eigenvalue weighted by Gasteiger charge is 2.18. The highest BCUT2D eigenvalue weighted by atomic mass is 16.1. The van der Waals surface area contributed by atoms with Crippen LogP contribution in [0.3, 0.4) is 0 Å². The number of nitrogens with two attached hydrogens (primary N) is 2. The Bertz CT molecular complexity index is 477. The molecular weight excluding hydrogens is 238 g/mol. The van der Waals surface area contributed by atoms with Crippen LogP contribution < -0.4 is 16.8 Å². The van der Waals surface area contributed by atoms with Crippen molar-refractivity contribution in [1.29, 1.82) is 0 Å². The van der Waals surface area contributed by atoms with Gasteiger partial charge in [-0.2, -0.15) is 0 Å². The van der Waals surface area contributed by atoms with E-state index in [0.29, 0.717) is 6.42 Å². The Labute approximate surface area is 114 Å². The van der Waals surface area contributed by atoms with Crippen LogP contribution in [0, 0.1) is 0 Å². The van der Waals surface area contributed by atoms with Crippen LogP contribution in [0.5, 0.6) is 0 Å². The number of aryl methyl sites for hydroxylation is 1. The molecule has 1 unspecified atom stereocenters. The molecule has 1 aliphatic heterocycles. The largest absolute Gasteiger partial charge is 0.326 e. The first-order chi connectivity index (χ1) is 8.85. The molecule has 0 saturated carbocycles. The van der Waals surface area contributed by atoms with Crippen LogP contribution in [-0.2, 0) is 11.2 Å². The third-order valence-corrected chi connectivity index (χ3v) is 3.55. The molecule has 104 valence electrons. The molecular formula is C15H23N3O. The number of hydrogen-bond donors (Lipinski definition) is 3. The maximum absolute atomic E-state index is 11.3. The van der Waals surface area contributed by atoms with Crippen LogP contribution in [0.15, 0.2) is 18.2 Å². The summed E-state index contributed by atoms with van der Waals surface area (Å²) in [5.41, 5.74) is 15.3. The van der Waals surface area contributed by atoms with Crippen molar-refractivity contribution in [2.75, 3.05) is 5.32 Å². The molecule has 19 heavy (non-hydrogen) atoms. The highest BCUT2D eigenvalue weighted by Crippen LogP contribution is 2.27. The summed E-state index contributed by atoms with van der Waals surface area (Å²) in [7, 11) is 0. The van der Waals surface area contributed by atoms with E-state index in [1.165, 1.54) is 5.56 Å². The molecule has 0 spiro atoms. The SMILES string of the molecule is CC(C)(N)CCC(N)c1ccc2c(c1)CCC(=O)N2. The number of carbonyl (C=O) groups is 1. The van der Waals surface area contributed by atoms with Gasteiger partial charge in [-0.3, -0.25) is 4.79 Å². The van der Waals surface area contributed by atoms with Crippen molar-refractivity contribution >= 4 is 11.6 Å². The lowest BCUT2D eigenvalue weighted by Gasteiger charge is -2.23. The standard InChI is InChI=1S/C15H23N3O/c1-15(2,17)8-7-12(16)10-3-5-13-11(9-10)4-6-14(19)18-13/h3,5,9,12H,4,6-8,16-17H2,1-2H3,(H,18,19). The van der Waals surface area contributed by atoms with E-state index in [4.69, 9.17) is 11.5 Å². The molecule has 1 aliphatic rings. The fraction of sp³-hybridized carbons (Fsp3) is 0.533. The molecule has 1 aromatic carbocycles. The fourth-order valence-electron chi connectivity index (χ4n) is 2.33. The second kappa shape index (κ2) is 5.31. The van der Waals surface area contributed by atoms with E-state index in [9.17, 15) is 4.79 Å². The second-order valence-corrected chi connectivity index (χ2v) is 6.10. The summed E-state index contributed by atoms with van der Waals surface area (Å²) in [6.07, 6.45) is 3.11. The van der Waals surface area contributed by atoms with Gasteiger partial charge in [0, 0.05) is 23.7 Å². The molecule has 0 saturated heterocycles. The number of rotatable bonds is 4. The molecule has 1 aromatic rings. The summed E-state index contributed by atoms with van der Waals surface area (Å²) in [5.74, 6) is 0.0921. The van der Waals surface area contributed by atoms with E-state index in [-0.39, 0.29) is 17.5 Å². The number of hydrogen-bond acceptors (Lipinski definition) is 3. The van der Waals surface area contributed by atoms with E-state index in [1.807, 2.05) is 26.0 Å². The summed E-state index contributed by atoms with van der Waals surface area (Å²) in [6, 6.07) is 6.07. The van der Waals surface area contributed by atoms with E-state index < -0.39 is 0 Å². The molecule has 2 rings (SSSR count). The van der Waals surface area contributed by atoms with Crippen LogP contribution in [0.4, 0.5) is 5.69 Å². The van der Waals surface area contributed by atoms with E-state index in [0.717, 1.165) is 30.5 Å². The maximum atomic E-state index is 11.3. The van der Waals surface area contributed by atoms with Gasteiger partial charge in [-0.1, -0.05) is 12.1 Å². The topological polar surface area (TPSA) is 81.1 Å². The first-order valence-electron chi connectivity index (χ1n) is 6.82. The predicted octanol–water partition coefficient (Wildman–Crippen LogP) is 2.09. The molecule has 4 heteroatoms. The smallest absolute Gasteiger partial charge is 0.224 e. The molecule has 0 bridgehead atoms. The second-order valence-electron chi connectivity index (χ2n) is 6.10. The van der Waals surface area contributed by atoms with Crippen molar-refractivity contribution in [2.45, 2.75) is 51.1 Å². The minimum atomic E-state index is -0.181. The third kappa shape index (κ3) is 3.78. The third-order valence-electron chi connectivity index (χ3n) is 3.55. The molecule has 0 fully saturated rings. The van der Waals surface area contributed by atoms with Crippen molar-refractivity contribution in [2.24, 2.45) is 11.5 Å². The number of amides is 1. The quantitative estimate of drug-likeness (QED) is 0.776. The van der Waals surface area contributed by atoms with Crippen molar-refractivity contribution in [1.82, 2.24) is 0 Å². The molecule has 1 amide bonds. The van der Waals surface area contributed by atoms with Gasteiger partial charge in [-0.25, -0.2) is 0 Å². The van der Waals surface area contributed by atoms with Crippen molar-refractivity contribution < 1.29 is 4.79 Å². The monoisotopic (exact) mass is 261 g/mol. The van der Waals surface area contributed by atoms with Gasteiger partial charge in [0.05, 0.1) is 0 Å². The van der Waals surface area contributed by atoms with Gasteiger partial charge in [-0.05, 0) is 50.3 Å². The van der Waals surface area contributed by atoms with Crippen LogP contribution in [0.2, 0.25) is 0 Å². The minimum Gasteiger partial charge on any atom is -0.326 e. The van der Waals surface area contributed by atoms with Gasteiger partial charge in [0.15, 0.2) is 0 Å². The number of benzene rings is 1. The predicted molar refractivity (Wildman–Crippen MR) is 77.8 cm³/mol. The van der Waals surface area contributed by atoms with Crippen LogP contribution in [0.1, 0.15) is 50.3 Å². The van der Waals surface area contributed by atoms with E-state index >= 15 is 0 Å². The normalized spacial score (nSPS) is 16.7. The summed E-state index contributed by atoms with van der Waals surface area (Å²) < 4.78 is 0. The lowest BCUT2D eigenvalue weighted by atomic mass is 9.92. The van der Waals surface area contributed by atoms with Crippen molar-refractivity contribution in [3.8, 4) is 0 Å². The zero-order chi connectivity index (χ0) is 14.0. The van der Waals surface area contributed by atoms with Gasteiger partial charge in [0.25, 0.3) is 0 Å². The minimum absolute atomic E-state index is 0.00533. The van der Waals surface area contributed by atoms with E-state index in [1.54, 1.807) is 0 Å². The Morgan fingerprint density at radius 3 is 2.79 bits per heavy atom. The zero-order valence-corrected chi connectivity index (χ0v) is 11.7. The molecule has 0 aromatic heterocycles. The van der Waals surface area contributed by atoms with Crippen LogP contribution in [0.25, 0.3) is 0 Å². The van der Waals surface area contributed by atoms with Gasteiger partial charge in [0.1, 0.15) is 0 Å². The van der Waals surface area contributed by atoms with Crippen LogP contribution in [-0.4, -0.2) is 11.4 Å². The summed E-state index contributed by atoms with van der Waals surface area (Å²) in [4.78, 5) is 11.3. The number of carbonyl (C=O) groups excluding carboxylic acids is 1. The Morgan fingerprint density at radius 1 is 1.37 bits per heavy atom. The average Bonchev–Trinajstić information content (AvgIpc) is 2.34. The summed E-state index contributed by atoms with van der Waals surface area (Å²) in [6.45, 7) is 4.03. The van der Waals surface area contributed by atoms with Gasteiger partial charge >= 0.3 is 0 Å². The van der Waals surface area contributed by atoms with Crippen molar-refractivity contribution in [3.05, 3.63) is 29.3 Å². The fourth-order valence-corrected chi connectivity index (χ4v) is 2.33. The Kier molecular flexibility index (Phi) is 3.92. The summed E-state index contributed by atoms with van der Waals surface area (Å²) >= 11 is 0. The first-order valence-corrected chi connectivity index (χ1v) is 6.82. The Hall–Kier alpha value is -1.39. The first kappa shape index (κ1) is 14.0. The zero-order valence-electron chi connectivity index (χ0n) is 11.7. The molecule has 5 N–H and O–H groups in total. The summed E-state index contributed by atoms with van der Waals surface area (Å²) in [5, 5.41) is 2.88. The van der Waals surface area contributed by atoms with Crippen LogP contribution >= 0.6 is 0 Å². The molecule has 4 nitrogen and oxygen atoms in total. The van der Waals surface area contributed by atoms with Gasteiger partial charge in [-0.15, -0.1) is 0 Å². The Balaban J connectivity index is 2.07. The van der Waals surface area contributed by atoms with E-state index in [2.05, 4.69) is 11.4 Å². The average molecular weight is 261 g/mol. The maximum Gasteiger partial charge on any atom is 0.224 e. The molecule has 0 aliphatic carbocycles. The lowest BCUT2D eigenvalue weighted by molar-refractivity contribution is -0.116. The lowest BCUT2D eigenvalue weighted by Crippen LogP contribution is -2.32. The van der Waals surface area contributed by atoms with Crippen molar-refractivity contribution in [3.63, 3.8) is 0 Å². The number of fused-ring (bicyclic) bond motifs is 1. The van der Waals surface area contributed by atoms with Gasteiger partial charge in [0.2, 0.25) is 5.91 Å². The Morgan fingerprint density at radius 2 is 2.11 bits per heavy atom.